The molecule has 13 rings (SSSR count). The molecule has 0 aromatic heterocycles. The second-order valence-electron chi connectivity index (χ2n) is 18.8. The van der Waals surface area contributed by atoms with Crippen molar-refractivity contribution < 1.29 is 0 Å². The fraction of sp³-hybridized carbons (Fsp3) is 0.220. The van der Waals surface area contributed by atoms with Gasteiger partial charge in [-0.15, -0.1) is 0 Å². The van der Waals surface area contributed by atoms with Crippen LogP contribution >= 0.6 is 0 Å². The second-order valence-corrected chi connectivity index (χ2v) is 18.8. The van der Waals surface area contributed by atoms with E-state index in [9.17, 15) is 0 Å². The second kappa shape index (κ2) is 13.3. The van der Waals surface area contributed by atoms with Crippen LogP contribution in [0, 0.1) is 0 Å². The van der Waals surface area contributed by atoms with E-state index in [1.165, 1.54) is 159 Å². The van der Waals surface area contributed by atoms with Gasteiger partial charge in [-0.05, 0) is 178 Å². The number of rotatable bonds is 4. The van der Waals surface area contributed by atoms with Crippen LogP contribution in [0.1, 0.15) is 63.5 Å². The summed E-state index contributed by atoms with van der Waals surface area (Å²) in [6.45, 7) is 9.30. The van der Waals surface area contributed by atoms with Crippen LogP contribution in [-0.4, -0.2) is 26.2 Å². The first-order valence-electron chi connectivity index (χ1n) is 22.9. The molecule has 0 spiro atoms. The van der Waals surface area contributed by atoms with E-state index < -0.39 is 0 Å². The van der Waals surface area contributed by atoms with Crippen LogP contribution in [0.2, 0.25) is 0 Å². The van der Waals surface area contributed by atoms with Gasteiger partial charge in [0.05, 0.1) is 0 Å². The lowest BCUT2D eigenvalue weighted by atomic mass is 9.80. The van der Waals surface area contributed by atoms with E-state index in [4.69, 9.17) is 0 Å². The van der Waals surface area contributed by atoms with Crippen LogP contribution in [-0.2, 0) is 5.41 Å². The molecule has 2 saturated heterocycles. The molecule has 3 aliphatic rings. The number of hydrogen-bond donors (Lipinski definition) is 0. The third-order valence-electron chi connectivity index (χ3n) is 15.2. The summed E-state index contributed by atoms with van der Waals surface area (Å²) < 4.78 is 0. The Kier molecular flexibility index (Phi) is 7.72. The first-order chi connectivity index (χ1) is 30.0. The van der Waals surface area contributed by atoms with Crippen molar-refractivity contribution in [3.63, 3.8) is 0 Å². The van der Waals surface area contributed by atoms with Crippen molar-refractivity contribution >= 4 is 76.0 Å². The van der Waals surface area contributed by atoms with Crippen LogP contribution in [0.4, 0.5) is 11.4 Å². The first kappa shape index (κ1) is 35.4. The summed E-state index contributed by atoms with van der Waals surface area (Å²) in [5, 5.41) is 16.1. The predicted molar refractivity (Wildman–Crippen MR) is 263 cm³/mol. The summed E-state index contributed by atoms with van der Waals surface area (Å²) in [7, 11) is 0. The maximum absolute atomic E-state index is 2.64. The Bertz CT molecular complexity index is 3360. The van der Waals surface area contributed by atoms with Crippen molar-refractivity contribution in [1.82, 2.24) is 0 Å². The topological polar surface area (TPSA) is 6.48 Å². The minimum atomic E-state index is -0.0832. The van der Waals surface area contributed by atoms with E-state index in [0.29, 0.717) is 0 Å². The molecule has 0 atom stereocenters. The lowest BCUT2D eigenvalue weighted by Gasteiger charge is -2.31. The highest BCUT2D eigenvalue weighted by Crippen LogP contribution is 2.53. The molecule has 10 aromatic rings. The number of benzene rings is 10. The van der Waals surface area contributed by atoms with Gasteiger partial charge in [0.15, 0.2) is 0 Å². The van der Waals surface area contributed by atoms with Gasteiger partial charge in [-0.3, -0.25) is 0 Å². The molecule has 0 saturated carbocycles. The summed E-state index contributed by atoms with van der Waals surface area (Å²) in [5.41, 5.74) is 13.5. The quantitative estimate of drug-likeness (QED) is 0.129. The van der Waals surface area contributed by atoms with E-state index in [2.05, 4.69) is 169 Å². The highest BCUT2D eigenvalue weighted by atomic mass is 15.1. The summed E-state index contributed by atoms with van der Waals surface area (Å²) in [6, 6.07) is 57.0. The Balaban J connectivity index is 1.15. The Morgan fingerprint density at radius 1 is 0.361 bits per heavy atom. The molecule has 0 N–H and O–H groups in total. The lowest BCUT2D eigenvalue weighted by Crippen LogP contribution is -2.29. The van der Waals surface area contributed by atoms with E-state index in [-0.39, 0.29) is 5.41 Å². The van der Waals surface area contributed by atoms with Crippen molar-refractivity contribution in [3.8, 4) is 33.4 Å². The number of piperidine rings is 2. The molecule has 0 unspecified atom stereocenters. The Labute approximate surface area is 358 Å². The van der Waals surface area contributed by atoms with Gasteiger partial charge in [0.1, 0.15) is 0 Å². The maximum atomic E-state index is 2.64. The van der Waals surface area contributed by atoms with Crippen molar-refractivity contribution in [2.45, 2.75) is 57.8 Å². The highest BCUT2D eigenvalue weighted by Gasteiger charge is 2.35. The zero-order chi connectivity index (χ0) is 40.4. The minimum Gasteiger partial charge on any atom is -0.372 e. The largest absolute Gasteiger partial charge is 0.372 e. The van der Waals surface area contributed by atoms with Gasteiger partial charge in [-0.1, -0.05) is 129 Å². The SMILES string of the molecule is CC1(C)c2ccccc2-c2ccc(-c3c4cc(N5CCCCC5)ccc4c(-c4ccc5c6cccc7cccc(c8cccc4c85)c76)c4cc(N5CCCCC5)ccc34)cc21. The summed E-state index contributed by atoms with van der Waals surface area (Å²) in [6.07, 6.45) is 7.66. The third-order valence-corrected chi connectivity index (χ3v) is 15.2. The summed E-state index contributed by atoms with van der Waals surface area (Å²) in [4.78, 5) is 5.28. The Morgan fingerprint density at radius 3 is 1.57 bits per heavy atom. The van der Waals surface area contributed by atoms with Gasteiger partial charge in [-0.2, -0.15) is 0 Å². The summed E-state index contributed by atoms with van der Waals surface area (Å²) >= 11 is 0. The fourth-order valence-corrected chi connectivity index (χ4v) is 12.2. The van der Waals surface area contributed by atoms with Crippen LogP contribution in [0.5, 0.6) is 0 Å². The van der Waals surface area contributed by atoms with Crippen molar-refractivity contribution in [2.75, 3.05) is 36.0 Å². The van der Waals surface area contributed by atoms with Crippen molar-refractivity contribution in [3.05, 3.63) is 157 Å². The molecule has 296 valence electrons. The fourth-order valence-electron chi connectivity index (χ4n) is 12.2. The molecule has 2 heteroatoms. The van der Waals surface area contributed by atoms with Crippen LogP contribution in [0.25, 0.3) is 98.0 Å². The smallest absolute Gasteiger partial charge is 0.0372 e. The lowest BCUT2D eigenvalue weighted by molar-refractivity contribution is 0.578. The molecular weight excluding hydrogens is 737 g/mol. The maximum Gasteiger partial charge on any atom is 0.0372 e. The molecule has 61 heavy (non-hydrogen) atoms. The molecule has 2 fully saturated rings. The number of hydrogen-bond acceptors (Lipinski definition) is 2. The number of nitrogens with zero attached hydrogens (tertiary/aromatic N) is 2. The third kappa shape index (κ3) is 5.15. The number of anilines is 2. The zero-order valence-electron chi connectivity index (χ0n) is 35.3. The Hall–Kier alpha value is -6.38. The van der Waals surface area contributed by atoms with Gasteiger partial charge in [0, 0.05) is 43.0 Å². The highest BCUT2D eigenvalue weighted by molar-refractivity contribution is 6.35. The molecule has 1 aliphatic carbocycles. The predicted octanol–water partition coefficient (Wildman–Crippen LogP) is 15.7. The van der Waals surface area contributed by atoms with Gasteiger partial charge < -0.3 is 9.80 Å². The average molecular weight is 787 g/mol. The van der Waals surface area contributed by atoms with E-state index >= 15 is 0 Å². The van der Waals surface area contributed by atoms with Crippen LogP contribution < -0.4 is 9.80 Å². The van der Waals surface area contributed by atoms with E-state index in [1.807, 2.05) is 0 Å². The minimum absolute atomic E-state index is 0.0832. The molecular formula is C59H50N2. The van der Waals surface area contributed by atoms with Crippen molar-refractivity contribution in [2.24, 2.45) is 0 Å². The molecule has 2 nitrogen and oxygen atoms in total. The molecule has 0 bridgehead atoms. The number of fused-ring (bicyclic) bond motifs is 7. The molecule has 0 amide bonds. The summed E-state index contributed by atoms with van der Waals surface area (Å²) in [5.74, 6) is 0. The average Bonchev–Trinajstić information content (AvgIpc) is 3.55. The first-order valence-corrected chi connectivity index (χ1v) is 22.9. The monoisotopic (exact) mass is 786 g/mol. The van der Waals surface area contributed by atoms with E-state index in [0.717, 1.165) is 26.2 Å². The standard InChI is InChI=1S/C59H50N2/c1-59(2)53-21-6-5-16-41(53)42-25-22-38(34-54(42)59)56-49-26-23-40(61-32-9-4-10-33-61)36-52(49)58(50-27-24-39(35-51(50)56)60-30-7-3-8-31-60)48-29-28-47-44-18-12-15-37-14-11-17-43(55(37)44)45-19-13-20-46(48)57(45)47/h5-6,11-29,34-36H,3-4,7-10,30-33H2,1-2H3. The van der Waals surface area contributed by atoms with Gasteiger partial charge in [0.2, 0.25) is 0 Å². The molecule has 0 radical (unpaired) electrons. The Morgan fingerprint density at radius 2 is 0.885 bits per heavy atom. The van der Waals surface area contributed by atoms with Crippen LogP contribution in [0.15, 0.2) is 146 Å². The zero-order valence-corrected chi connectivity index (χ0v) is 35.3. The van der Waals surface area contributed by atoms with Gasteiger partial charge in [-0.25, -0.2) is 0 Å². The normalized spacial score (nSPS) is 16.4. The van der Waals surface area contributed by atoms with Gasteiger partial charge in [0.25, 0.3) is 0 Å². The van der Waals surface area contributed by atoms with E-state index in [1.54, 1.807) is 0 Å². The van der Waals surface area contributed by atoms with Crippen LogP contribution in [0.3, 0.4) is 0 Å². The molecule has 2 aliphatic heterocycles. The van der Waals surface area contributed by atoms with Gasteiger partial charge >= 0.3 is 0 Å². The molecule has 10 aromatic carbocycles. The molecule has 2 heterocycles. The van der Waals surface area contributed by atoms with Crippen molar-refractivity contribution in [1.29, 1.82) is 0 Å².